The zero-order valence-electron chi connectivity index (χ0n) is 18.7. The zero-order chi connectivity index (χ0) is 22.8. The molecule has 0 spiro atoms. The van der Waals surface area contributed by atoms with E-state index in [1.807, 2.05) is 31.2 Å². The molecule has 0 aromatic heterocycles. The smallest absolute Gasteiger partial charge is 0.328 e. The minimum Gasteiger partial charge on any atom is -0.494 e. The van der Waals surface area contributed by atoms with Gasteiger partial charge in [0.1, 0.15) is 5.75 Å². The number of hydrogen-bond acceptors (Lipinski definition) is 6. The number of methoxy groups -OCH3 is 4. The maximum absolute atomic E-state index is 10.6. The molecule has 0 bridgehead atoms. The minimum absolute atomic E-state index is 0.521. The number of ether oxygens (including phenoxy) is 5. The molecular formula is C24H30O7. The van der Waals surface area contributed by atoms with Crippen LogP contribution in [0.4, 0.5) is 0 Å². The molecule has 2 rings (SSSR count). The Balaban J connectivity index is 1.99. The van der Waals surface area contributed by atoms with Gasteiger partial charge in [0, 0.05) is 17.2 Å². The normalized spacial score (nSPS) is 10.7. The molecule has 31 heavy (non-hydrogen) atoms. The van der Waals surface area contributed by atoms with Crippen LogP contribution >= 0.6 is 0 Å². The Labute approximate surface area is 183 Å². The Bertz CT molecular complexity index is 901. The lowest BCUT2D eigenvalue weighted by Gasteiger charge is -2.21. The van der Waals surface area contributed by atoms with Crippen molar-refractivity contribution in [3.63, 3.8) is 0 Å². The third kappa shape index (κ3) is 6.07. The first-order valence-corrected chi connectivity index (χ1v) is 9.96. The molecule has 2 aromatic rings. The average Bonchev–Trinajstić information content (AvgIpc) is 2.78. The predicted molar refractivity (Wildman–Crippen MR) is 119 cm³/mol. The van der Waals surface area contributed by atoms with Crippen molar-refractivity contribution in [1.82, 2.24) is 0 Å². The number of hydrogen-bond donors (Lipinski definition) is 1. The van der Waals surface area contributed by atoms with Crippen LogP contribution in [0.3, 0.4) is 0 Å². The highest BCUT2D eigenvalue weighted by Gasteiger charge is 2.24. The number of aliphatic carboxylic acids is 1. The molecule has 0 radical (unpaired) electrons. The standard InChI is InChI=1S/C24H30O7/c1-16-19(22(28-3)24(30-5)23(29-4)21(16)27-2)8-6-7-15-31-18-12-9-17(10-13-18)11-14-20(25)26/h9-14H,6-8,15H2,1-5H3,(H,25,26)/b14-11+. The number of carbonyl (C=O) groups is 1. The number of carboxylic acid groups (broad SMARTS) is 1. The van der Waals surface area contributed by atoms with Gasteiger partial charge >= 0.3 is 5.97 Å². The summed E-state index contributed by atoms with van der Waals surface area (Å²) in [5.41, 5.74) is 2.79. The van der Waals surface area contributed by atoms with E-state index in [1.165, 1.54) is 0 Å². The van der Waals surface area contributed by atoms with Crippen molar-refractivity contribution in [1.29, 1.82) is 0 Å². The van der Waals surface area contributed by atoms with E-state index in [0.717, 1.165) is 47.8 Å². The van der Waals surface area contributed by atoms with Gasteiger partial charge in [-0.15, -0.1) is 0 Å². The van der Waals surface area contributed by atoms with Crippen molar-refractivity contribution in [2.75, 3.05) is 35.0 Å². The van der Waals surface area contributed by atoms with Crippen LogP contribution in [0.2, 0.25) is 0 Å². The van der Waals surface area contributed by atoms with E-state index in [-0.39, 0.29) is 0 Å². The fraction of sp³-hybridized carbons (Fsp3) is 0.375. The number of carboxylic acids is 1. The van der Waals surface area contributed by atoms with Crippen LogP contribution in [0.15, 0.2) is 30.3 Å². The van der Waals surface area contributed by atoms with Gasteiger partial charge in [0.2, 0.25) is 11.5 Å². The zero-order valence-corrected chi connectivity index (χ0v) is 18.7. The molecule has 2 aromatic carbocycles. The second kappa shape index (κ2) is 11.7. The number of unbranched alkanes of at least 4 members (excludes halogenated alkanes) is 1. The number of rotatable bonds is 12. The summed E-state index contributed by atoms with van der Waals surface area (Å²) < 4.78 is 28.0. The molecule has 0 saturated carbocycles. The maximum atomic E-state index is 10.6. The first-order chi connectivity index (χ1) is 15.0. The van der Waals surface area contributed by atoms with Crippen LogP contribution in [-0.4, -0.2) is 46.1 Å². The van der Waals surface area contributed by atoms with E-state index >= 15 is 0 Å². The third-order valence-corrected chi connectivity index (χ3v) is 4.89. The third-order valence-electron chi connectivity index (χ3n) is 4.89. The minimum atomic E-state index is -0.973. The first-order valence-electron chi connectivity index (χ1n) is 9.96. The summed E-state index contributed by atoms with van der Waals surface area (Å²) in [6.07, 6.45) is 5.15. The van der Waals surface area contributed by atoms with Crippen LogP contribution in [-0.2, 0) is 11.2 Å². The van der Waals surface area contributed by atoms with Crippen molar-refractivity contribution in [3.05, 3.63) is 47.0 Å². The van der Waals surface area contributed by atoms with Crippen molar-refractivity contribution in [2.24, 2.45) is 0 Å². The molecule has 1 N–H and O–H groups in total. The second-order valence-corrected chi connectivity index (χ2v) is 6.78. The van der Waals surface area contributed by atoms with E-state index < -0.39 is 5.97 Å². The van der Waals surface area contributed by atoms with Gasteiger partial charge in [-0.3, -0.25) is 0 Å². The van der Waals surface area contributed by atoms with Gasteiger partial charge < -0.3 is 28.8 Å². The van der Waals surface area contributed by atoms with Gasteiger partial charge in [0.05, 0.1) is 35.0 Å². The summed E-state index contributed by atoms with van der Waals surface area (Å²) in [4.78, 5) is 10.6. The van der Waals surface area contributed by atoms with Crippen molar-refractivity contribution >= 4 is 12.0 Å². The van der Waals surface area contributed by atoms with Gasteiger partial charge in [0.15, 0.2) is 11.5 Å². The Morgan fingerprint density at radius 2 is 1.45 bits per heavy atom. The largest absolute Gasteiger partial charge is 0.494 e. The maximum Gasteiger partial charge on any atom is 0.328 e. The van der Waals surface area contributed by atoms with Gasteiger partial charge in [-0.2, -0.15) is 0 Å². The molecule has 0 aliphatic carbocycles. The second-order valence-electron chi connectivity index (χ2n) is 6.78. The fourth-order valence-electron chi connectivity index (χ4n) is 3.39. The van der Waals surface area contributed by atoms with Crippen LogP contribution in [0.25, 0.3) is 6.08 Å². The fourth-order valence-corrected chi connectivity index (χ4v) is 3.39. The molecular weight excluding hydrogens is 400 g/mol. The van der Waals surface area contributed by atoms with E-state index in [2.05, 4.69) is 0 Å². The first kappa shape index (κ1) is 23.9. The van der Waals surface area contributed by atoms with Gasteiger partial charge in [-0.25, -0.2) is 4.79 Å². The summed E-state index contributed by atoms with van der Waals surface area (Å²) in [6, 6.07) is 7.29. The van der Waals surface area contributed by atoms with Crippen molar-refractivity contribution in [3.8, 4) is 28.7 Å². The SMILES string of the molecule is COc1c(C)c(CCCCOc2ccc(/C=C/C(=O)O)cc2)c(OC)c(OC)c1OC. The highest BCUT2D eigenvalue weighted by Crippen LogP contribution is 2.49. The van der Waals surface area contributed by atoms with Crippen molar-refractivity contribution < 1.29 is 33.6 Å². The van der Waals surface area contributed by atoms with Crippen molar-refractivity contribution in [2.45, 2.75) is 26.2 Å². The molecule has 7 nitrogen and oxygen atoms in total. The lowest BCUT2D eigenvalue weighted by molar-refractivity contribution is -0.131. The predicted octanol–water partition coefficient (Wildman–Crippen LogP) is 4.53. The summed E-state index contributed by atoms with van der Waals surface area (Å²) >= 11 is 0. The molecule has 0 aliphatic rings. The van der Waals surface area contributed by atoms with Gasteiger partial charge in [0.25, 0.3) is 0 Å². The van der Waals surface area contributed by atoms with E-state index in [1.54, 1.807) is 34.5 Å². The Morgan fingerprint density at radius 3 is 2.00 bits per heavy atom. The summed E-state index contributed by atoms with van der Waals surface area (Å²) in [6.45, 7) is 2.55. The molecule has 0 saturated heterocycles. The van der Waals surface area contributed by atoms with E-state index in [9.17, 15) is 4.79 Å². The lowest BCUT2D eigenvalue weighted by atomic mass is 9.99. The Hall–Kier alpha value is -3.35. The highest BCUT2D eigenvalue weighted by molar-refractivity contribution is 5.85. The summed E-state index contributed by atoms with van der Waals surface area (Å²) in [5, 5.41) is 8.67. The molecule has 0 unspecified atom stereocenters. The van der Waals surface area contributed by atoms with Gasteiger partial charge in [-0.05, 0) is 50.0 Å². The highest BCUT2D eigenvalue weighted by atomic mass is 16.5. The Morgan fingerprint density at radius 1 is 0.871 bits per heavy atom. The molecule has 0 atom stereocenters. The number of benzene rings is 2. The quantitative estimate of drug-likeness (QED) is 0.391. The van der Waals surface area contributed by atoms with E-state index in [4.69, 9.17) is 28.8 Å². The van der Waals surface area contributed by atoms with Crippen LogP contribution < -0.4 is 23.7 Å². The van der Waals surface area contributed by atoms with Crippen LogP contribution in [0, 0.1) is 6.92 Å². The topological polar surface area (TPSA) is 83.5 Å². The summed E-state index contributed by atoms with van der Waals surface area (Å²) in [7, 11) is 6.38. The van der Waals surface area contributed by atoms with Crippen LogP contribution in [0.1, 0.15) is 29.5 Å². The molecule has 168 valence electrons. The Kier molecular flexibility index (Phi) is 9.06. The summed E-state index contributed by atoms with van der Waals surface area (Å²) in [5.74, 6) is 2.11. The van der Waals surface area contributed by atoms with E-state index in [0.29, 0.717) is 29.6 Å². The molecule has 0 aliphatic heterocycles. The lowest BCUT2D eigenvalue weighted by Crippen LogP contribution is -2.05. The molecule has 0 amide bonds. The van der Waals surface area contributed by atoms with Gasteiger partial charge in [-0.1, -0.05) is 12.1 Å². The van der Waals surface area contributed by atoms with Crippen LogP contribution in [0.5, 0.6) is 28.7 Å². The molecule has 7 heteroatoms. The monoisotopic (exact) mass is 430 g/mol. The molecule has 0 fully saturated rings. The average molecular weight is 430 g/mol. The molecule has 0 heterocycles.